The van der Waals surface area contributed by atoms with Crippen molar-refractivity contribution in [2.75, 3.05) is 5.32 Å². The van der Waals surface area contributed by atoms with Gasteiger partial charge in [-0.3, -0.25) is 0 Å². The van der Waals surface area contributed by atoms with Crippen LogP contribution in [-0.4, -0.2) is 14.8 Å². The first-order valence-corrected chi connectivity index (χ1v) is 8.63. The van der Waals surface area contributed by atoms with Crippen LogP contribution in [0.3, 0.4) is 0 Å². The lowest BCUT2D eigenvalue weighted by Crippen LogP contribution is -2.28. The summed E-state index contributed by atoms with van der Waals surface area (Å²) in [5, 5.41) is 8.66. The average Bonchev–Trinajstić information content (AvgIpc) is 3.10. The zero-order valence-corrected chi connectivity index (χ0v) is 14.2. The van der Waals surface area contributed by atoms with Crippen LogP contribution >= 0.6 is 11.6 Å². The number of rotatable bonds is 3. The molecule has 122 valence electrons. The molecule has 0 aliphatic carbocycles. The van der Waals surface area contributed by atoms with E-state index >= 15 is 0 Å². The van der Waals surface area contributed by atoms with Gasteiger partial charge in [0.2, 0.25) is 5.95 Å². The third kappa shape index (κ3) is 2.67. The van der Waals surface area contributed by atoms with E-state index in [1.54, 1.807) is 6.33 Å². The first kappa shape index (κ1) is 15.2. The number of hydrogen-bond acceptors (Lipinski definition) is 3. The van der Waals surface area contributed by atoms with Gasteiger partial charge in [0.05, 0.1) is 12.1 Å². The molecule has 1 aromatic heterocycles. The molecule has 0 amide bonds. The molecule has 0 saturated carbocycles. The zero-order valence-electron chi connectivity index (χ0n) is 13.5. The predicted octanol–water partition coefficient (Wildman–Crippen LogP) is 4.64. The van der Waals surface area contributed by atoms with Crippen LogP contribution in [0.25, 0.3) is 0 Å². The van der Waals surface area contributed by atoms with Crippen LogP contribution in [0.1, 0.15) is 42.1 Å². The van der Waals surface area contributed by atoms with Crippen LogP contribution in [0.15, 0.2) is 54.9 Å². The molecule has 1 aliphatic heterocycles. The van der Waals surface area contributed by atoms with E-state index in [1.807, 2.05) is 22.9 Å². The summed E-state index contributed by atoms with van der Waals surface area (Å²) < 4.78 is 1.97. The molecule has 24 heavy (non-hydrogen) atoms. The normalized spacial score (nSPS) is 19.6. The molecule has 0 saturated heterocycles. The molecule has 0 unspecified atom stereocenters. The van der Waals surface area contributed by atoms with Gasteiger partial charge in [0.15, 0.2) is 0 Å². The number of hydrogen-bond donors (Lipinski definition) is 1. The number of nitrogens with one attached hydrogen (secondary N) is 1. The lowest BCUT2D eigenvalue weighted by molar-refractivity contribution is 0.431. The largest absolute Gasteiger partial charge is 0.347 e. The summed E-state index contributed by atoms with van der Waals surface area (Å²) in [5.41, 5.74) is 3.69. The van der Waals surface area contributed by atoms with E-state index in [4.69, 9.17) is 11.6 Å². The van der Waals surface area contributed by atoms with Gasteiger partial charge in [0.1, 0.15) is 6.33 Å². The van der Waals surface area contributed by atoms with E-state index < -0.39 is 0 Å². The molecule has 3 aromatic rings. The highest BCUT2D eigenvalue weighted by molar-refractivity contribution is 6.31. The van der Waals surface area contributed by atoms with Crippen molar-refractivity contribution in [3.63, 3.8) is 0 Å². The summed E-state index contributed by atoms with van der Waals surface area (Å²) in [7, 11) is 0. The molecule has 4 nitrogen and oxygen atoms in total. The smallest absolute Gasteiger partial charge is 0.222 e. The van der Waals surface area contributed by atoms with Crippen molar-refractivity contribution in [3.05, 3.63) is 76.6 Å². The van der Waals surface area contributed by atoms with E-state index in [0.717, 1.165) is 29.4 Å². The summed E-state index contributed by atoms with van der Waals surface area (Å²) in [5.74, 6) is 0.788. The fraction of sp³-hybridized carbons (Fsp3) is 0.263. The molecule has 2 atom stereocenters. The topological polar surface area (TPSA) is 42.7 Å². The molecule has 2 heterocycles. The molecule has 1 aliphatic rings. The van der Waals surface area contributed by atoms with Crippen LogP contribution in [0.2, 0.25) is 5.02 Å². The van der Waals surface area contributed by atoms with Crippen molar-refractivity contribution < 1.29 is 0 Å². The fourth-order valence-corrected chi connectivity index (χ4v) is 3.60. The van der Waals surface area contributed by atoms with Crippen molar-refractivity contribution >= 4 is 17.5 Å². The van der Waals surface area contributed by atoms with Gasteiger partial charge in [-0.2, -0.15) is 10.1 Å². The molecule has 1 N–H and O–H groups in total. The maximum absolute atomic E-state index is 6.41. The van der Waals surface area contributed by atoms with E-state index in [0.29, 0.717) is 0 Å². The summed E-state index contributed by atoms with van der Waals surface area (Å²) in [6.07, 6.45) is 3.53. The van der Waals surface area contributed by atoms with E-state index in [-0.39, 0.29) is 12.1 Å². The SMILES string of the molecule is CCc1ccc([C@H]2C[C@@H](c3ccccc3Cl)Nc3ncnn32)cc1. The van der Waals surface area contributed by atoms with Gasteiger partial charge >= 0.3 is 0 Å². The first-order valence-electron chi connectivity index (χ1n) is 8.25. The molecule has 5 heteroatoms. The summed E-state index contributed by atoms with van der Waals surface area (Å²) in [4.78, 5) is 4.37. The van der Waals surface area contributed by atoms with Crippen LogP contribution < -0.4 is 5.32 Å². The number of benzene rings is 2. The highest BCUT2D eigenvalue weighted by Gasteiger charge is 2.30. The Bertz CT molecular complexity index is 841. The second kappa shape index (κ2) is 6.29. The molecule has 0 fully saturated rings. The van der Waals surface area contributed by atoms with E-state index in [9.17, 15) is 0 Å². The lowest BCUT2D eigenvalue weighted by Gasteiger charge is -2.32. The number of aryl methyl sites for hydroxylation is 1. The maximum Gasteiger partial charge on any atom is 0.222 e. The molecule has 0 bridgehead atoms. The Labute approximate surface area is 146 Å². The van der Waals surface area contributed by atoms with Crippen LogP contribution in [-0.2, 0) is 6.42 Å². The first-order chi connectivity index (χ1) is 11.8. The maximum atomic E-state index is 6.41. The molecule has 0 spiro atoms. The Kier molecular flexibility index (Phi) is 3.98. The van der Waals surface area contributed by atoms with Gasteiger partial charge in [0, 0.05) is 5.02 Å². The van der Waals surface area contributed by atoms with Gasteiger partial charge in [-0.1, -0.05) is 61.0 Å². The van der Waals surface area contributed by atoms with Crippen molar-refractivity contribution in [3.8, 4) is 0 Å². The minimum absolute atomic E-state index is 0.117. The Morgan fingerprint density at radius 2 is 1.96 bits per heavy atom. The van der Waals surface area contributed by atoms with Gasteiger partial charge in [-0.05, 0) is 35.6 Å². The standard InChI is InChI=1S/C19H19ClN4/c1-2-13-7-9-14(10-8-13)18-11-17(15-5-3-4-6-16(15)20)23-19-21-12-22-24(18)19/h3-10,12,17-18H,2,11H2,1H3,(H,21,22,23)/t17-,18+/m0/s1. The predicted molar refractivity (Wildman–Crippen MR) is 96.4 cm³/mol. The van der Waals surface area contributed by atoms with Gasteiger partial charge < -0.3 is 5.32 Å². The number of aromatic nitrogens is 3. The van der Waals surface area contributed by atoms with Crippen molar-refractivity contribution in [2.45, 2.75) is 31.8 Å². The Hall–Kier alpha value is -2.33. The molecule has 0 radical (unpaired) electrons. The monoisotopic (exact) mass is 338 g/mol. The highest BCUT2D eigenvalue weighted by Crippen LogP contribution is 2.39. The van der Waals surface area contributed by atoms with Crippen LogP contribution in [0.5, 0.6) is 0 Å². The summed E-state index contributed by atoms with van der Waals surface area (Å²) in [6, 6.07) is 17.0. The molecule has 4 rings (SSSR count). The Morgan fingerprint density at radius 1 is 1.17 bits per heavy atom. The number of nitrogens with zero attached hydrogens (tertiary/aromatic N) is 3. The zero-order chi connectivity index (χ0) is 16.5. The van der Waals surface area contributed by atoms with Crippen molar-refractivity contribution in [2.24, 2.45) is 0 Å². The quantitative estimate of drug-likeness (QED) is 0.756. The number of fused-ring (bicyclic) bond motifs is 1. The third-order valence-corrected chi connectivity index (χ3v) is 5.03. The van der Waals surface area contributed by atoms with Crippen LogP contribution in [0.4, 0.5) is 5.95 Å². The van der Waals surface area contributed by atoms with E-state index in [2.05, 4.69) is 52.7 Å². The van der Waals surface area contributed by atoms with Gasteiger partial charge in [-0.25, -0.2) is 4.68 Å². The summed E-state index contributed by atoms with van der Waals surface area (Å²) >= 11 is 6.41. The van der Waals surface area contributed by atoms with Gasteiger partial charge in [0.25, 0.3) is 0 Å². The van der Waals surface area contributed by atoms with Crippen molar-refractivity contribution in [1.29, 1.82) is 0 Å². The minimum Gasteiger partial charge on any atom is -0.347 e. The average molecular weight is 339 g/mol. The second-order valence-electron chi connectivity index (χ2n) is 6.09. The van der Waals surface area contributed by atoms with Gasteiger partial charge in [-0.15, -0.1) is 0 Å². The number of anilines is 1. The fourth-order valence-electron chi connectivity index (χ4n) is 3.33. The van der Waals surface area contributed by atoms with Crippen molar-refractivity contribution in [1.82, 2.24) is 14.8 Å². The lowest BCUT2D eigenvalue weighted by atomic mass is 9.93. The minimum atomic E-state index is 0.117. The summed E-state index contributed by atoms with van der Waals surface area (Å²) in [6.45, 7) is 2.17. The molecular weight excluding hydrogens is 320 g/mol. The highest BCUT2D eigenvalue weighted by atomic mass is 35.5. The molecule has 2 aromatic carbocycles. The van der Waals surface area contributed by atoms with E-state index in [1.165, 1.54) is 11.1 Å². The molecular formula is C19H19ClN4. The Balaban J connectivity index is 1.72. The second-order valence-corrected chi connectivity index (χ2v) is 6.50. The van der Waals surface area contributed by atoms with Crippen LogP contribution in [0, 0.1) is 0 Å². The third-order valence-electron chi connectivity index (χ3n) is 4.68. The Morgan fingerprint density at radius 3 is 2.71 bits per heavy atom. The number of halogens is 1.